The van der Waals surface area contributed by atoms with Gasteiger partial charge in [-0.1, -0.05) is 24.6 Å². The Kier molecular flexibility index (Phi) is 12.5. The third-order valence-corrected chi connectivity index (χ3v) is 4.50. The van der Waals surface area contributed by atoms with Gasteiger partial charge in [-0.25, -0.2) is 0 Å². The first-order chi connectivity index (χ1) is 14.1. The highest BCUT2D eigenvalue weighted by Crippen LogP contribution is 2.11. The van der Waals surface area contributed by atoms with Crippen LogP contribution in [0.1, 0.15) is 31.2 Å². The number of halogens is 1. The summed E-state index contributed by atoms with van der Waals surface area (Å²) in [6.07, 6.45) is 9.97. The van der Waals surface area contributed by atoms with Crippen LogP contribution in [-0.4, -0.2) is 47.2 Å². The molecule has 2 aromatic rings. The Labute approximate surface area is 196 Å². The molecule has 0 saturated heterocycles. The molecule has 30 heavy (non-hydrogen) atoms. The molecule has 0 fully saturated rings. The SMILES string of the molecule is C=CCCCCCN(C)C(=NC)NCc1cccc(NC(=O)Cn2cccn2)c1.I. The Bertz CT molecular complexity index is 791. The van der Waals surface area contributed by atoms with Crippen molar-refractivity contribution in [2.75, 3.05) is 26.0 Å². The predicted molar refractivity (Wildman–Crippen MR) is 134 cm³/mol. The molecule has 0 atom stereocenters. The molecule has 1 aromatic carbocycles. The van der Waals surface area contributed by atoms with Crippen LogP contribution in [0.5, 0.6) is 0 Å². The molecule has 0 unspecified atom stereocenters. The van der Waals surface area contributed by atoms with Crippen LogP contribution in [0.3, 0.4) is 0 Å². The van der Waals surface area contributed by atoms with E-state index in [0.29, 0.717) is 6.54 Å². The highest BCUT2D eigenvalue weighted by Gasteiger charge is 2.07. The van der Waals surface area contributed by atoms with E-state index >= 15 is 0 Å². The van der Waals surface area contributed by atoms with Crippen LogP contribution in [-0.2, 0) is 17.9 Å². The molecule has 0 bridgehead atoms. The van der Waals surface area contributed by atoms with Crippen LogP contribution in [0.2, 0.25) is 0 Å². The summed E-state index contributed by atoms with van der Waals surface area (Å²) >= 11 is 0. The van der Waals surface area contributed by atoms with Crippen LogP contribution in [0.4, 0.5) is 5.69 Å². The van der Waals surface area contributed by atoms with Crippen LogP contribution in [0, 0.1) is 0 Å². The number of guanidine groups is 1. The van der Waals surface area contributed by atoms with E-state index in [2.05, 4.69) is 39.3 Å². The third kappa shape index (κ3) is 9.43. The largest absolute Gasteiger partial charge is 0.352 e. The number of benzene rings is 1. The lowest BCUT2D eigenvalue weighted by Gasteiger charge is -2.22. The lowest BCUT2D eigenvalue weighted by molar-refractivity contribution is -0.116. The first-order valence-corrected chi connectivity index (χ1v) is 10.0. The Morgan fingerprint density at radius 3 is 2.83 bits per heavy atom. The van der Waals surface area contributed by atoms with Crippen LogP contribution >= 0.6 is 24.0 Å². The quantitative estimate of drug-likeness (QED) is 0.154. The molecular weight excluding hydrogens is 491 g/mol. The summed E-state index contributed by atoms with van der Waals surface area (Å²) < 4.78 is 1.60. The molecule has 1 aromatic heterocycles. The van der Waals surface area contributed by atoms with Crippen molar-refractivity contribution in [1.29, 1.82) is 0 Å². The van der Waals surface area contributed by atoms with Gasteiger partial charge in [-0.3, -0.25) is 14.5 Å². The average molecular weight is 524 g/mol. The van der Waals surface area contributed by atoms with E-state index in [1.54, 1.807) is 30.2 Å². The van der Waals surface area contributed by atoms with Gasteiger partial charge in [0.25, 0.3) is 0 Å². The standard InChI is InChI=1S/C22H32N6O.HI/c1-4-5-6-7-8-14-27(3)22(23-2)24-17-19-11-9-12-20(16-19)26-21(29)18-28-15-10-13-25-28;/h4,9-13,15-16H,1,5-8,14,17-18H2,2-3H3,(H,23,24)(H,26,29);1H. The van der Waals surface area contributed by atoms with E-state index in [4.69, 9.17) is 0 Å². The van der Waals surface area contributed by atoms with Gasteiger partial charge in [0, 0.05) is 45.3 Å². The minimum Gasteiger partial charge on any atom is -0.352 e. The van der Waals surface area contributed by atoms with Gasteiger partial charge in [-0.2, -0.15) is 5.10 Å². The number of hydrogen-bond acceptors (Lipinski definition) is 3. The molecular formula is C22H33IN6O. The number of hydrogen-bond donors (Lipinski definition) is 2. The van der Waals surface area contributed by atoms with Crippen molar-refractivity contribution in [2.45, 2.75) is 38.8 Å². The molecule has 8 heteroatoms. The van der Waals surface area contributed by atoms with Gasteiger partial charge in [-0.15, -0.1) is 30.6 Å². The molecule has 2 rings (SSSR count). The first kappa shape index (κ1) is 25.7. The maximum atomic E-state index is 12.1. The average Bonchev–Trinajstić information content (AvgIpc) is 3.21. The predicted octanol–water partition coefficient (Wildman–Crippen LogP) is 3.89. The summed E-state index contributed by atoms with van der Waals surface area (Å²) in [6.45, 7) is 5.55. The maximum Gasteiger partial charge on any atom is 0.246 e. The van der Waals surface area contributed by atoms with E-state index in [1.165, 1.54) is 12.8 Å². The molecule has 0 saturated carbocycles. The summed E-state index contributed by atoms with van der Waals surface area (Å²) in [5.74, 6) is 0.757. The zero-order chi connectivity index (χ0) is 20.9. The Hall–Kier alpha value is -2.36. The molecule has 0 aliphatic carbocycles. The summed E-state index contributed by atoms with van der Waals surface area (Å²) in [5.41, 5.74) is 1.84. The fourth-order valence-corrected chi connectivity index (χ4v) is 2.99. The molecule has 0 aliphatic rings. The number of carbonyl (C=O) groups is 1. The highest BCUT2D eigenvalue weighted by atomic mass is 127. The molecule has 2 N–H and O–H groups in total. The van der Waals surface area contributed by atoms with Crippen molar-refractivity contribution in [1.82, 2.24) is 20.0 Å². The fourth-order valence-electron chi connectivity index (χ4n) is 2.99. The van der Waals surface area contributed by atoms with E-state index in [-0.39, 0.29) is 36.4 Å². The fraction of sp³-hybridized carbons (Fsp3) is 0.409. The maximum absolute atomic E-state index is 12.1. The zero-order valence-electron chi connectivity index (χ0n) is 17.9. The summed E-state index contributed by atoms with van der Waals surface area (Å²) in [4.78, 5) is 18.6. The zero-order valence-corrected chi connectivity index (χ0v) is 20.2. The number of aromatic nitrogens is 2. The number of allylic oxidation sites excluding steroid dienone is 1. The molecule has 0 aliphatic heterocycles. The highest BCUT2D eigenvalue weighted by molar-refractivity contribution is 14.0. The normalized spacial score (nSPS) is 10.8. The van der Waals surface area contributed by atoms with Gasteiger partial charge >= 0.3 is 0 Å². The number of rotatable bonds is 11. The van der Waals surface area contributed by atoms with E-state index in [1.807, 2.05) is 30.3 Å². The van der Waals surface area contributed by atoms with E-state index in [9.17, 15) is 4.79 Å². The number of unbranched alkanes of at least 4 members (excludes halogenated alkanes) is 3. The Balaban J connectivity index is 0.00000450. The molecule has 1 heterocycles. The molecule has 0 radical (unpaired) electrons. The number of carbonyl (C=O) groups excluding carboxylic acids is 1. The van der Waals surface area contributed by atoms with Gasteiger partial charge in [-0.05, 0) is 43.0 Å². The van der Waals surface area contributed by atoms with Crippen molar-refractivity contribution in [3.05, 3.63) is 60.9 Å². The van der Waals surface area contributed by atoms with Crippen molar-refractivity contribution >= 4 is 41.5 Å². The number of anilines is 1. The summed E-state index contributed by atoms with van der Waals surface area (Å²) in [6, 6.07) is 9.61. The Morgan fingerprint density at radius 1 is 1.30 bits per heavy atom. The molecule has 7 nitrogen and oxygen atoms in total. The second-order valence-corrected chi connectivity index (χ2v) is 6.91. The van der Waals surface area contributed by atoms with E-state index < -0.39 is 0 Å². The van der Waals surface area contributed by atoms with Gasteiger partial charge in [0.1, 0.15) is 6.54 Å². The van der Waals surface area contributed by atoms with Crippen molar-refractivity contribution in [3.63, 3.8) is 0 Å². The van der Waals surface area contributed by atoms with Crippen molar-refractivity contribution in [3.8, 4) is 0 Å². The second kappa shape index (κ2) is 14.6. The number of nitrogens with zero attached hydrogens (tertiary/aromatic N) is 4. The van der Waals surface area contributed by atoms with Gasteiger partial charge in [0.15, 0.2) is 5.96 Å². The summed E-state index contributed by atoms with van der Waals surface area (Å²) in [7, 11) is 3.84. The minimum absolute atomic E-state index is 0. The van der Waals surface area contributed by atoms with Gasteiger partial charge in [0.2, 0.25) is 5.91 Å². The topological polar surface area (TPSA) is 74.5 Å². The van der Waals surface area contributed by atoms with Crippen molar-refractivity contribution < 1.29 is 4.79 Å². The van der Waals surface area contributed by atoms with Crippen LogP contribution in [0.25, 0.3) is 0 Å². The van der Waals surface area contributed by atoms with Gasteiger partial charge in [0.05, 0.1) is 0 Å². The monoisotopic (exact) mass is 524 g/mol. The molecule has 1 amide bonds. The molecule has 0 spiro atoms. The van der Waals surface area contributed by atoms with Gasteiger partial charge < -0.3 is 15.5 Å². The first-order valence-electron chi connectivity index (χ1n) is 10.0. The second-order valence-electron chi connectivity index (χ2n) is 6.91. The van der Waals surface area contributed by atoms with Crippen LogP contribution < -0.4 is 10.6 Å². The lowest BCUT2D eigenvalue weighted by Crippen LogP contribution is -2.39. The number of aliphatic imine (C=N–C) groups is 1. The third-order valence-electron chi connectivity index (χ3n) is 4.50. The van der Waals surface area contributed by atoms with E-state index in [0.717, 1.165) is 36.6 Å². The lowest BCUT2D eigenvalue weighted by atomic mass is 10.2. The minimum atomic E-state index is -0.106. The van der Waals surface area contributed by atoms with Crippen molar-refractivity contribution in [2.24, 2.45) is 4.99 Å². The molecule has 164 valence electrons. The smallest absolute Gasteiger partial charge is 0.246 e. The number of amides is 1. The number of nitrogens with one attached hydrogen (secondary N) is 2. The Morgan fingerprint density at radius 2 is 2.13 bits per heavy atom. The summed E-state index contributed by atoms with van der Waals surface area (Å²) in [5, 5.41) is 10.4. The van der Waals surface area contributed by atoms with Crippen LogP contribution in [0.15, 0.2) is 60.4 Å².